The molecule has 3 rings (SSSR count). The van der Waals surface area contributed by atoms with Gasteiger partial charge in [0.25, 0.3) is 0 Å². The highest BCUT2D eigenvalue weighted by atomic mass is 32.2. The second-order valence-corrected chi connectivity index (χ2v) is 9.90. The lowest BCUT2D eigenvalue weighted by molar-refractivity contribution is 0.104. The predicted octanol–water partition coefficient (Wildman–Crippen LogP) is 3.06. The molecule has 1 atom stereocenters. The molecule has 1 N–H and O–H groups in total. The van der Waals surface area contributed by atoms with Crippen LogP contribution in [-0.2, 0) is 28.9 Å². The molecule has 1 aliphatic carbocycles. The van der Waals surface area contributed by atoms with Crippen LogP contribution in [0.2, 0.25) is 0 Å². The number of carbonyl (C=O) groups is 1. The summed E-state index contributed by atoms with van der Waals surface area (Å²) in [5, 5.41) is -1.89. The van der Waals surface area contributed by atoms with Crippen molar-refractivity contribution in [2.45, 2.75) is 10.2 Å². The molecule has 7 nitrogen and oxygen atoms in total. The van der Waals surface area contributed by atoms with Gasteiger partial charge in [0.1, 0.15) is 0 Å². The van der Waals surface area contributed by atoms with Gasteiger partial charge in [0, 0.05) is 25.3 Å². The fraction of sp³-hybridized carbons (Fsp3) is 0.167. The molecule has 0 fully saturated rings. The van der Waals surface area contributed by atoms with Gasteiger partial charge in [-0.2, -0.15) is 4.72 Å². The third-order valence-electron chi connectivity index (χ3n) is 4.34. The van der Waals surface area contributed by atoms with Crippen molar-refractivity contribution in [2.24, 2.45) is 0 Å². The van der Waals surface area contributed by atoms with Crippen LogP contribution in [0.15, 0.2) is 71.6 Å². The Labute approximate surface area is 157 Å². The van der Waals surface area contributed by atoms with Crippen LogP contribution in [0.4, 0.5) is 0 Å². The Hall–Kier alpha value is -2.09. The number of allylic oxidation sites excluding steroid dienone is 1. The van der Waals surface area contributed by atoms with E-state index in [9.17, 15) is 17.8 Å². The summed E-state index contributed by atoms with van der Waals surface area (Å²) in [5.41, 5.74) is 0.411. The Morgan fingerprint density at radius 2 is 1.56 bits per heavy atom. The van der Waals surface area contributed by atoms with Crippen molar-refractivity contribution in [1.82, 2.24) is 4.72 Å². The molecule has 2 aromatic carbocycles. The summed E-state index contributed by atoms with van der Waals surface area (Å²) in [5.74, 6) is -0.334. The number of nitrogens with one attached hydrogen (secondary N) is 1. The molecule has 0 bridgehead atoms. The summed E-state index contributed by atoms with van der Waals surface area (Å²) in [6.45, 7) is 0. The molecular weight excluding hydrogens is 389 g/mol. The van der Waals surface area contributed by atoms with E-state index < -0.39 is 22.9 Å². The van der Waals surface area contributed by atoms with E-state index in [0.717, 1.165) is 14.2 Å². The van der Waals surface area contributed by atoms with Crippen LogP contribution in [0.5, 0.6) is 0 Å². The highest BCUT2D eigenvalue weighted by Crippen LogP contribution is 2.65. The number of rotatable bonds is 6. The van der Waals surface area contributed by atoms with Gasteiger partial charge in [0.15, 0.2) is 11.1 Å². The first-order chi connectivity index (χ1) is 12.8. The zero-order valence-corrected chi connectivity index (χ0v) is 16.4. The van der Waals surface area contributed by atoms with Crippen molar-refractivity contribution in [1.29, 1.82) is 0 Å². The molecule has 2 aromatic rings. The lowest BCUT2D eigenvalue weighted by Crippen LogP contribution is -2.47. The first-order valence-corrected chi connectivity index (χ1v) is 11.0. The number of hydrogen-bond acceptors (Lipinski definition) is 6. The van der Waals surface area contributed by atoms with Crippen molar-refractivity contribution >= 4 is 23.4 Å². The molecule has 0 aromatic heterocycles. The Balaban J connectivity index is 2.28. The van der Waals surface area contributed by atoms with Crippen LogP contribution in [0.1, 0.15) is 15.9 Å². The zero-order chi connectivity index (χ0) is 19.7. The minimum atomic E-state index is -4.13. The third-order valence-corrected chi connectivity index (χ3v) is 8.30. The largest absolute Gasteiger partial charge is 0.359 e. The van der Waals surface area contributed by atoms with Gasteiger partial charge in [-0.3, -0.25) is 9.36 Å². The summed E-state index contributed by atoms with van der Waals surface area (Å²) in [6.07, 6.45) is 2.40. The van der Waals surface area contributed by atoms with Crippen molar-refractivity contribution in [3.8, 4) is 0 Å². The van der Waals surface area contributed by atoms with Crippen LogP contribution in [0.3, 0.4) is 0 Å². The first kappa shape index (κ1) is 19.7. The molecule has 0 saturated carbocycles. The summed E-state index contributed by atoms with van der Waals surface area (Å²) in [4.78, 5) is 12.3. The van der Waals surface area contributed by atoms with Crippen molar-refractivity contribution in [3.63, 3.8) is 0 Å². The number of fused-ring (bicyclic) bond motifs is 1. The van der Waals surface area contributed by atoms with E-state index in [1.165, 1.54) is 36.4 Å². The van der Waals surface area contributed by atoms with Gasteiger partial charge >= 0.3 is 7.60 Å². The van der Waals surface area contributed by atoms with Gasteiger partial charge in [-0.1, -0.05) is 42.5 Å². The molecule has 1 unspecified atom stereocenters. The number of ketones is 1. The number of hydrogen-bond donors (Lipinski definition) is 1. The van der Waals surface area contributed by atoms with Gasteiger partial charge in [0.05, 0.1) is 4.90 Å². The normalized spacial score (nSPS) is 19.7. The highest BCUT2D eigenvalue weighted by Gasteiger charge is 2.55. The summed E-state index contributed by atoms with van der Waals surface area (Å²) in [7, 11) is -5.89. The Kier molecular flexibility index (Phi) is 5.20. The Bertz CT molecular complexity index is 1040. The van der Waals surface area contributed by atoms with E-state index in [-0.39, 0.29) is 21.8 Å². The van der Waals surface area contributed by atoms with Gasteiger partial charge in [-0.15, -0.1) is 0 Å². The Morgan fingerprint density at radius 1 is 0.963 bits per heavy atom. The monoisotopic (exact) mass is 407 g/mol. The number of benzene rings is 2. The van der Waals surface area contributed by atoms with E-state index in [2.05, 4.69) is 4.72 Å². The molecule has 0 amide bonds. The van der Waals surface area contributed by atoms with Crippen molar-refractivity contribution in [3.05, 3.63) is 77.9 Å². The van der Waals surface area contributed by atoms with E-state index in [4.69, 9.17) is 9.05 Å². The minimum Gasteiger partial charge on any atom is -0.310 e. The molecule has 142 valence electrons. The lowest BCUT2D eigenvalue weighted by atomic mass is 9.92. The smallest absolute Gasteiger partial charge is 0.310 e. The first-order valence-electron chi connectivity index (χ1n) is 7.93. The Morgan fingerprint density at radius 3 is 2.19 bits per heavy atom. The topological polar surface area (TPSA) is 98.8 Å². The summed E-state index contributed by atoms with van der Waals surface area (Å²) >= 11 is 0. The fourth-order valence-electron chi connectivity index (χ4n) is 3.02. The SMILES string of the molecule is COP(=O)(OC)C1(NS(=O)(=O)c2ccccc2)C=CC(=O)c2ccccc21. The van der Waals surface area contributed by atoms with Crippen molar-refractivity contribution < 1.29 is 26.8 Å². The van der Waals surface area contributed by atoms with Crippen LogP contribution in [0, 0.1) is 0 Å². The minimum absolute atomic E-state index is 0.0223. The molecule has 0 spiro atoms. The van der Waals surface area contributed by atoms with E-state index in [0.29, 0.717) is 0 Å². The van der Waals surface area contributed by atoms with Gasteiger partial charge < -0.3 is 9.05 Å². The van der Waals surface area contributed by atoms with Gasteiger partial charge in [-0.05, 0) is 24.3 Å². The van der Waals surface area contributed by atoms with Crippen molar-refractivity contribution in [2.75, 3.05) is 14.2 Å². The maximum absolute atomic E-state index is 13.5. The molecule has 9 heteroatoms. The molecule has 0 heterocycles. The average Bonchev–Trinajstić information content (AvgIpc) is 2.70. The molecule has 27 heavy (non-hydrogen) atoms. The zero-order valence-electron chi connectivity index (χ0n) is 14.7. The van der Waals surface area contributed by atoms with E-state index >= 15 is 0 Å². The summed E-state index contributed by atoms with van der Waals surface area (Å²) in [6, 6.07) is 13.9. The predicted molar refractivity (Wildman–Crippen MR) is 100.0 cm³/mol. The van der Waals surface area contributed by atoms with Crippen LogP contribution in [0.25, 0.3) is 0 Å². The third kappa shape index (κ3) is 3.20. The fourth-order valence-corrected chi connectivity index (χ4v) is 6.52. The van der Waals surface area contributed by atoms with E-state index in [1.54, 1.807) is 30.3 Å². The maximum atomic E-state index is 13.5. The van der Waals surface area contributed by atoms with Gasteiger partial charge in [0.2, 0.25) is 10.0 Å². The molecule has 0 saturated heterocycles. The quantitative estimate of drug-likeness (QED) is 0.739. The number of sulfonamides is 1. The average molecular weight is 407 g/mol. The maximum Gasteiger partial charge on any atom is 0.359 e. The second kappa shape index (κ2) is 7.14. The molecular formula is C18H18NO6PS. The molecule has 0 aliphatic heterocycles. The van der Waals surface area contributed by atoms with Crippen LogP contribution < -0.4 is 4.72 Å². The molecule has 0 radical (unpaired) electrons. The second-order valence-electron chi connectivity index (χ2n) is 5.79. The summed E-state index contributed by atoms with van der Waals surface area (Å²) < 4.78 is 52.3. The highest BCUT2D eigenvalue weighted by molar-refractivity contribution is 7.90. The standard InChI is InChI=1S/C18H18NO6PS/c1-24-26(21,25-2)18(19-27(22,23)14-8-4-3-5-9-14)13-12-17(20)15-10-6-7-11-16(15)18/h3-13,19H,1-2H3. The molecule has 1 aliphatic rings. The lowest BCUT2D eigenvalue weighted by Gasteiger charge is -2.38. The van der Waals surface area contributed by atoms with Crippen LogP contribution >= 0.6 is 7.60 Å². The van der Waals surface area contributed by atoms with E-state index in [1.807, 2.05) is 0 Å². The van der Waals surface area contributed by atoms with Crippen LogP contribution in [-0.4, -0.2) is 28.4 Å². The number of carbonyl (C=O) groups excluding carboxylic acids is 1. The van der Waals surface area contributed by atoms with Gasteiger partial charge in [-0.25, -0.2) is 8.42 Å².